The summed E-state index contributed by atoms with van der Waals surface area (Å²) in [6.07, 6.45) is 14.3. The van der Waals surface area contributed by atoms with E-state index in [9.17, 15) is 9.36 Å². The van der Waals surface area contributed by atoms with Crippen LogP contribution in [0.3, 0.4) is 0 Å². The van der Waals surface area contributed by atoms with Gasteiger partial charge < -0.3 is 14.4 Å². The summed E-state index contributed by atoms with van der Waals surface area (Å²) < 4.78 is 22.5. The molecule has 5 nitrogen and oxygen atoms in total. The second kappa shape index (κ2) is 17.1. The highest BCUT2D eigenvalue weighted by atomic mass is 31.2. The van der Waals surface area contributed by atoms with Crippen LogP contribution in [0.25, 0.3) is 0 Å². The first-order valence-electron chi connectivity index (χ1n) is 10.2. The highest BCUT2D eigenvalue weighted by molar-refractivity contribution is 7.53. The number of amides is 1. The molecule has 6 heteroatoms. The van der Waals surface area contributed by atoms with Crippen LogP contribution in [0.1, 0.15) is 97.8 Å². The SMILES string of the molecule is CCCCCCCCCCCCCC(=O)NCP(=O)(OCC)OCC. The topological polar surface area (TPSA) is 64.6 Å². The largest absolute Gasteiger partial charge is 0.349 e. The Morgan fingerprint density at radius 1 is 0.760 bits per heavy atom. The molecule has 0 saturated heterocycles. The fourth-order valence-electron chi connectivity index (χ4n) is 2.75. The first kappa shape index (κ1) is 24.6. The normalized spacial score (nSPS) is 11.6. The van der Waals surface area contributed by atoms with Crippen LogP contribution in [0.2, 0.25) is 0 Å². The number of nitrogens with one attached hydrogen (secondary N) is 1. The van der Waals surface area contributed by atoms with E-state index in [0.717, 1.165) is 12.8 Å². The smallest absolute Gasteiger partial charge is 0.344 e. The zero-order valence-electron chi connectivity index (χ0n) is 16.7. The summed E-state index contributed by atoms with van der Waals surface area (Å²) in [6, 6.07) is 0. The van der Waals surface area contributed by atoms with E-state index in [4.69, 9.17) is 9.05 Å². The van der Waals surface area contributed by atoms with Gasteiger partial charge in [-0.25, -0.2) is 0 Å². The molecule has 1 amide bonds. The van der Waals surface area contributed by atoms with Gasteiger partial charge in [-0.2, -0.15) is 0 Å². The second-order valence-electron chi connectivity index (χ2n) is 6.49. The lowest BCUT2D eigenvalue weighted by Crippen LogP contribution is -2.25. The van der Waals surface area contributed by atoms with Crippen molar-refractivity contribution in [1.82, 2.24) is 5.32 Å². The Bertz CT molecular complexity index is 353. The van der Waals surface area contributed by atoms with Crippen molar-refractivity contribution in [1.29, 1.82) is 0 Å². The first-order valence-corrected chi connectivity index (χ1v) is 12.0. The molecule has 0 aromatic rings. The molecule has 0 atom stereocenters. The molecule has 0 spiro atoms. The Morgan fingerprint density at radius 3 is 1.64 bits per heavy atom. The molecule has 0 aromatic carbocycles. The quantitative estimate of drug-likeness (QED) is 0.234. The molecule has 25 heavy (non-hydrogen) atoms. The molecule has 0 aromatic heterocycles. The molecule has 1 N–H and O–H groups in total. The van der Waals surface area contributed by atoms with E-state index in [2.05, 4.69) is 12.2 Å². The molecule has 150 valence electrons. The average Bonchev–Trinajstić information content (AvgIpc) is 2.58. The molecule has 0 heterocycles. The van der Waals surface area contributed by atoms with Crippen LogP contribution in [-0.2, 0) is 18.4 Å². The van der Waals surface area contributed by atoms with Crippen LogP contribution in [-0.4, -0.2) is 25.4 Å². The number of hydrogen-bond donors (Lipinski definition) is 1. The van der Waals surface area contributed by atoms with Crippen LogP contribution in [0, 0.1) is 0 Å². The summed E-state index contributed by atoms with van der Waals surface area (Å²) >= 11 is 0. The molecule has 0 aliphatic carbocycles. The molecular weight excluding hydrogens is 337 g/mol. The van der Waals surface area contributed by atoms with E-state index in [1.165, 1.54) is 57.8 Å². The van der Waals surface area contributed by atoms with E-state index >= 15 is 0 Å². The number of rotatable bonds is 18. The lowest BCUT2D eigenvalue weighted by Gasteiger charge is -2.17. The Balaban J connectivity index is 3.53. The van der Waals surface area contributed by atoms with Gasteiger partial charge in [-0.3, -0.25) is 9.36 Å². The maximum Gasteiger partial charge on any atom is 0.349 e. The van der Waals surface area contributed by atoms with Gasteiger partial charge in [0.15, 0.2) is 0 Å². The Kier molecular flexibility index (Phi) is 16.8. The number of carbonyl (C=O) groups is 1. The summed E-state index contributed by atoms with van der Waals surface area (Å²) in [6.45, 7) is 6.39. The average molecular weight is 378 g/mol. The maximum atomic E-state index is 12.2. The highest BCUT2D eigenvalue weighted by Gasteiger charge is 2.23. The zero-order valence-corrected chi connectivity index (χ0v) is 17.6. The first-order chi connectivity index (χ1) is 12.1. The van der Waals surface area contributed by atoms with Gasteiger partial charge in [0.05, 0.1) is 13.2 Å². The third-order valence-electron chi connectivity index (χ3n) is 4.13. The summed E-state index contributed by atoms with van der Waals surface area (Å²) in [7, 11) is -3.17. The summed E-state index contributed by atoms with van der Waals surface area (Å²) in [5.74, 6) is -0.0736. The summed E-state index contributed by atoms with van der Waals surface area (Å²) in [4.78, 5) is 11.8. The van der Waals surface area contributed by atoms with E-state index < -0.39 is 7.60 Å². The van der Waals surface area contributed by atoms with Crippen molar-refractivity contribution in [3.05, 3.63) is 0 Å². The molecule has 0 aliphatic heterocycles. The van der Waals surface area contributed by atoms with Crippen molar-refractivity contribution in [3.8, 4) is 0 Å². The molecule has 0 unspecified atom stereocenters. The fourth-order valence-corrected chi connectivity index (χ4v) is 4.16. The monoisotopic (exact) mass is 377 g/mol. The lowest BCUT2D eigenvalue weighted by molar-refractivity contribution is -0.121. The van der Waals surface area contributed by atoms with Crippen molar-refractivity contribution in [2.75, 3.05) is 19.5 Å². The van der Waals surface area contributed by atoms with Crippen LogP contribution >= 0.6 is 7.60 Å². The Morgan fingerprint density at radius 2 is 1.20 bits per heavy atom. The van der Waals surface area contributed by atoms with Gasteiger partial charge in [0.1, 0.15) is 6.29 Å². The maximum absolute atomic E-state index is 12.2. The predicted octanol–water partition coefficient (Wildman–Crippen LogP) is 6.03. The molecule has 0 fully saturated rings. The summed E-state index contributed by atoms with van der Waals surface area (Å²) in [5, 5.41) is 2.68. The third-order valence-corrected chi connectivity index (χ3v) is 5.98. The number of hydrogen-bond acceptors (Lipinski definition) is 4. The van der Waals surface area contributed by atoms with Gasteiger partial charge in [0.25, 0.3) is 0 Å². The van der Waals surface area contributed by atoms with Crippen molar-refractivity contribution in [3.63, 3.8) is 0 Å². The third kappa shape index (κ3) is 15.6. The van der Waals surface area contributed by atoms with Crippen molar-refractivity contribution in [2.45, 2.75) is 97.8 Å². The summed E-state index contributed by atoms with van der Waals surface area (Å²) in [5.41, 5.74) is 0. The minimum atomic E-state index is -3.17. The lowest BCUT2D eigenvalue weighted by atomic mass is 10.1. The minimum absolute atomic E-state index is 0.0362. The molecule has 0 saturated carbocycles. The van der Waals surface area contributed by atoms with Gasteiger partial charge in [-0.1, -0.05) is 71.1 Å². The number of carbonyl (C=O) groups excluding carboxylic acids is 1. The molecule has 0 radical (unpaired) electrons. The second-order valence-corrected chi connectivity index (χ2v) is 8.54. The zero-order chi connectivity index (χ0) is 18.8. The van der Waals surface area contributed by atoms with Crippen molar-refractivity contribution >= 4 is 13.5 Å². The highest BCUT2D eigenvalue weighted by Crippen LogP contribution is 2.46. The molecule has 0 aliphatic rings. The van der Waals surface area contributed by atoms with E-state index in [1.54, 1.807) is 13.8 Å². The van der Waals surface area contributed by atoms with Gasteiger partial charge in [-0.15, -0.1) is 0 Å². The fraction of sp³-hybridized carbons (Fsp3) is 0.947. The van der Waals surface area contributed by atoms with Crippen LogP contribution < -0.4 is 5.32 Å². The van der Waals surface area contributed by atoms with Crippen LogP contribution in [0.5, 0.6) is 0 Å². The van der Waals surface area contributed by atoms with Gasteiger partial charge >= 0.3 is 7.60 Å². The van der Waals surface area contributed by atoms with Crippen LogP contribution in [0.4, 0.5) is 0 Å². The van der Waals surface area contributed by atoms with Gasteiger partial charge in [-0.05, 0) is 20.3 Å². The van der Waals surface area contributed by atoms with Crippen molar-refractivity contribution in [2.24, 2.45) is 0 Å². The van der Waals surface area contributed by atoms with Gasteiger partial charge in [0.2, 0.25) is 5.91 Å². The van der Waals surface area contributed by atoms with E-state index in [1.807, 2.05) is 0 Å². The predicted molar refractivity (Wildman–Crippen MR) is 105 cm³/mol. The minimum Gasteiger partial charge on any atom is -0.344 e. The van der Waals surface area contributed by atoms with Crippen molar-refractivity contribution < 1.29 is 18.4 Å². The standard InChI is InChI=1S/C19H40NO4P/c1-4-7-8-9-10-11-12-13-14-15-16-17-19(21)20-18-25(22,23-5-2)24-6-3/h4-18H2,1-3H3,(H,20,21). The van der Waals surface area contributed by atoms with E-state index in [-0.39, 0.29) is 12.2 Å². The van der Waals surface area contributed by atoms with E-state index in [0.29, 0.717) is 19.6 Å². The molecular formula is C19H40NO4P. The number of unbranched alkanes of at least 4 members (excludes halogenated alkanes) is 10. The molecule has 0 rings (SSSR count). The Hall–Kier alpha value is -0.380. The molecule has 0 bridgehead atoms. The van der Waals surface area contributed by atoms with Gasteiger partial charge in [0, 0.05) is 6.42 Å². The Labute approximate surface area is 155 Å². The van der Waals surface area contributed by atoms with Crippen LogP contribution in [0.15, 0.2) is 0 Å².